The van der Waals surface area contributed by atoms with Crippen molar-refractivity contribution >= 4 is 0 Å². The van der Waals surface area contributed by atoms with Gasteiger partial charge in [0.15, 0.2) is 23.2 Å². The standard InChI is InChI=1S/C19H17F5O.C12H5F5O/c1-10-2-3-18(25-9-10)11-4-16(23)19(17(24)5-11)12-6-14(21)13(8-20)15(22)7-12;13-9-5-7(18-17)1-2-8(9)6-3-10(14)12(16)11(15)4-6/h4-7,10,18H,2-3,8-9H2,1H3;1-5H. The van der Waals surface area contributed by atoms with E-state index in [1.54, 1.807) is 0 Å². The molecule has 1 heterocycles. The smallest absolute Gasteiger partial charge is 0.194 e. The molecule has 12 heteroatoms. The van der Waals surface area contributed by atoms with E-state index in [0.29, 0.717) is 42.7 Å². The first kappa shape index (κ1) is 31.9. The van der Waals surface area contributed by atoms with Crippen LogP contribution in [0.4, 0.5) is 44.0 Å². The quantitative estimate of drug-likeness (QED) is 0.164. The highest BCUT2D eigenvalue weighted by atomic mass is 19.3. The summed E-state index contributed by atoms with van der Waals surface area (Å²) in [6.45, 7) is 1.21. The minimum atomic E-state index is -1.64. The largest absolute Gasteiger partial charge is 0.373 e. The van der Waals surface area contributed by atoms with E-state index in [2.05, 4.69) is 4.94 Å². The van der Waals surface area contributed by atoms with Crippen LogP contribution in [0.25, 0.3) is 22.3 Å². The van der Waals surface area contributed by atoms with Gasteiger partial charge in [0.2, 0.25) is 0 Å². The average molecular weight is 616 g/mol. The van der Waals surface area contributed by atoms with Crippen LogP contribution in [0.2, 0.25) is 0 Å². The van der Waals surface area contributed by atoms with Gasteiger partial charge in [-0.15, -0.1) is 0 Å². The number of rotatable bonds is 5. The van der Waals surface area contributed by atoms with Gasteiger partial charge in [0.05, 0.1) is 17.2 Å². The Morgan fingerprint density at radius 3 is 1.77 bits per heavy atom. The van der Waals surface area contributed by atoms with Crippen molar-refractivity contribution in [3.05, 3.63) is 112 Å². The molecule has 0 saturated carbocycles. The molecule has 0 aliphatic carbocycles. The minimum Gasteiger partial charge on any atom is -0.373 e. The molecule has 2 unspecified atom stereocenters. The van der Waals surface area contributed by atoms with Crippen LogP contribution in [0.1, 0.15) is 37.0 Å². The number of alkyl halides is 1. The van der Waals surface area contributed by atoms with E-state index in [1.165, 1.54) is 0 Å². The van der Waals surface area contributed by atoms with E-state index >= 15 is 0 Å². The van der Waals surface area contributed by atoms with Gasteiger partial charge in [0.25, 0.3) is 0 Å². The summed E-state index contributed by atoms with van der Waals surface area (Å²) in [7, 11) is 0. The van der Waals surface area contributed by atoms with Crippen molar-refractivity contribution < 1.29 is 53.7 Å². The number of benzene rings is 4. The Bertz CT molecular complexity index is 1550. The van der Waals surface area contributed by atoms with E-state index in [0.717, 1.165) is 42.8 Å². The lowest BCUT2D eigenvalue weighted by molar-refractivity contribution is -0.0126. The maximum absolute atomic E-state index is 14.5. The Morgan fingerprint density at radius 1 is 0.698 bits per heavy atom. The zero-order chi connectivity index (χ0) is 31.4. The van der Waals surface area contributed by atoms with Gasteiger partial charge in [0.1, 0.15) is 35.8 Å². The maximum atomic E-state index is 14.5. The van der Waals surface area contributed by atoms with E-state index in [4.69, 9.17) is 4.74 Å². The molecule has 1 aliphatic heterocycles. The van der Waals surface area contributed by atoms with Gasteiger partial charge in [-0.1, -0.05) is 6.92 Å². The highest BCUT2D eigenvalue weighted by Gasteiger charge is 2.24. The second-order valence-electron chi connectivity index (χ2n) is 9.89. The molecule has 0 N–H and O–H groups in total. The van der Waals surface area contributed by atoms with Gasteiger partial charge >= 0.3 is 0 Å². The lowest BCUT2D eigenvalue weighted by atomic mass is 9.93. The van der Waals surface area contributed by atoms with Crippen LogP contribution in [0.5, 0.6) is 5.75 Å². The van der Waals surface area contributed by atoms with Crippen LogP contribution >= 0.6 is 0 Å². The Morgan fingerprint density at radius 2 is 1.28 bits per heavy atom. The van der Waals surface area contributed by atoms with Gasteiger partial charge in [-0.2, -0.15) is 0 Å². The maximum Gasteiger partial charge on any atom is 0.194 e. The molecule has 4 aromatic carbocycles. The van der Waals surface area contributed by atoms with Gasteiger partial charge in [-0.25, -0.2) is 39.5 Å². The summed E-state index contributed by atoms with van der Waals surface area (Å²) in [5.41, 5.74) is -1.66. The van der Waals surface area contributed by atoms with Crippen LogP contribution < -0.4 is 4.94 Å². The SMILES string of the molecule is CC1CCC(c2cc(F)c(-c3cc(F)c(CF)c(F)c3)c(F)c2)OC1.FOc1ccc(-c2cc(F)c(F)c(F)c2)c(F)c1. The average Bonchev–Trinajstić information content (AvgIpc) is 2.96. The lowest BCUT2D eigenvalue weighted by Gasteiger charge is -2.27. The normalized spacial score (nSPS) is 16.4. The topological polar surface area (TPSA) is 18.5 Å². The van der Waals surface area contributed by atoms with Crippen molar-refractivity contribution in [3.8, 4) is 28.0 Å². The third kappa shape index (κ3) is 7.12. The molecule has 228 valence electrons. The number of hydrogen-bond acceptors (Lipinski definition) is 2. The molecule has 1 fully saturated rings. The first-order valence-electron chi connectivity index (χ1n) is 12.8. The van der Waals surface area contributed by atoms with Crippen LogP contribution in [0.3, 0.4) is 0 Å². The molecule has 1 saturated heterocycles. The van der Waals surface area contributed by atoms with Crippen molar-refractivity contribution in [2.45, 2.75) is 32.5 Å². The molecule has 0 spiro atoms. The number of halogens is 10. The molecule has 2 nitrogen and oxygen atoms in total. The van der Waals surface area contributed by atoms with Gasteiger partial charge in [0, 0.05) is 22.8 Å². The van der Waals surface area contributed by atoms with Gasteiger partial charge in [-0.3, -0.25) is 4.94 Å². The molecule has 0 amide bonds. The molecule has 0 bridgehead atoms. The van der Waals surface area contributed by atoms with E-state index in [1.807, 2.05) is 6.92 Å². The Kier molecular flexibility index (Phi) is 10.0. The fourth-order valence-electron chi connectivity index (χ4n) is 4.56. The summed E-state index contributed by atoms with van der Waals surface area (Å²) in [5, 5.41) is 0. The summed E-state index contributed by atoms with van der Waals surface area (Å²) in [4.78, 5) is 3.30. The molecule has 1 aliphatic rings. The second kappa shape index (κ2) is 13.5. The summed E-state index contributed by atoms with van der Waals surface area (Å²) in [5.74, 6) is -9.68. The molecule has 0 aromatic heterocycles. The molecule has 0 radical (unpaired) electrons. The second-order valence-corrected chi connectivity index (χ2v) is 9.89. The molecule has 43 heavy (non-hydrogen) atoms. The summed E-state index contributed by atoms with van der Waals surface area (Å²) in [6.07, 6.45) is 1.13. The van der Waals surface area contributed by atoms with E-state index < -0.39 is 70.4 Å². The lowest BCUT2D eigenvalue weighted by Crippen LogP contribution is -2.18. The Hall–Kier alpha value is -4.06. The first-order valence-corrected chi connectivity index (χ1v) is 12.8. The van der Waals surface area contributed by atoms with Crippen molar-refractivity contribution in [3.63, 3.8) is 0 Å². The highest BCUT2D eigenvalue weighted by Crippen LogP contribution is 2.36. The minimum absolute atomic E-state index is 0.200. The van der Waals surface area contributed by atoms with Crippen molar-refractivity contribution in [2.75, 3.05) is 6.61 Å². The fraction of sp³-hybridized carbons (Fsp3) is 0.226. The zero-order valence-electron chi connectivity index (χ0n) is 22.3. The van der Waals surface area contributed by atoms with Crippen molar-refractivity contribution in [1.29, 1.82) is 0 Å². The fourth-order valence-corrected chi connectivity index (χ4v) is 4.56. The summed E-state index contributed by atoms with van der Waals surface area (Å²) in [6, 6.07) is 7.84. The van der Waals surface area contributed by atoms with Crippen LogP contribution in [0, 0.1) is 52.5 Å². The van der Waals surface area contributed by atoms with Gasteiger partial charge < -0.3 is 4.74 Å². The van der Waals surface area contributed by atoms with Crippen LogP contribution in [-0.2, 0) is 11.4 Å². The molecular formula is C31H22F10O2. The summed E-state index contributed by atoms with van der Waals surface area (Å²) >= 11 is 0. The molecule has 2 atom stereocenters. The number of ether oxygens (including phenoxy) is 1. The third-order valence-corrected chi connectivity index (χ3v) is 6.83. The molecule has 4 aromatic rings. The molecule has 5 rings (SSSR count). The molecular weight excluding hydrogens is 594 g/mol. The van der Waals surface area contributed by atoms with Crippen LogP contribution in [-0.4, -0.2) is 6.61 Å². The van der Waals surface area contributed by atoms with Gasteiger partial charge in [-0.05, 0) is 84.0 Å². The predicted molar refractivity (Wildman–Crippen MR) is 137 cm³/mol. The Balaban J connectivity index is 0.000000208. The van der Waals surface area contributed by atoms with Crippen molar-refractivity contribution in [2.24, 2.45) is 5.92 Å². The van der Waals surface area contributed by atoms with Crippen LogP contribution in [0.15, 0.2) is 54.6 Å². The first-order chi connectivity index (χ1) is 20.4. The Labute approximate surface area is 239 Å². The predicted octanol–water partition coefficient (Wildman–Crippen LogP) is 10.0. The van der Waals surface area contributed by atoms with E-state index in [-0.39, 0.29) is 22.4 Å². The summed E-state index contributed by atoms with van der Waals surface area (Å²) < 4.78 is 139. The number of hydrogen-bond donors (Lipinski definition) is 0. The highest BCUT2D eigenvalue weighted by molar-refractivity contribution is 5.66. The van der Waals surface area contributed by atoms with Crippen molar-refractivity contribution in [1.82, 2.24) is 0 Å². The third-order valence-electron chi connectivity index (χ3n) is 6.83. The van der Waals surface area contributed by atoms with E-state index in [9.17, 15) is 44.0 Å². The zero-order valence-corrected chi connectivity index (χ0v) is 22.3. The monoisotopic (exact) mass is 616 g/mol.